The number of hydrogen-bond donors (Lipinski definition) is 2. The zero-order valence-corrected chi connectivity index (χ0v) is 18.8. The van der Waals surface area contributed by atoms with Gasteiger partial charge < -0.3 is 24.9 Å². The Morgan fingerprint density at radius 1 is 1.25 bits per heavy atom. The Bertz CT molecular complexity index is 1190. The van der Waals surface area contributed by atoms with Crippen LogP contribution in [0.5, 0.6) is 11.5 Å². The summed E-state index contributed by atoms with van der Waals surface area (Å²) in [6, 6.07) is 7.35. The van der Waals surface area contributed by atoms with Crippen molar-refractivity contribution >= 4 is 39.9 Å². The number of carbonyl (C=O) groups is 2. The number of rotatable bonds is 6. The molecule has 0 spiro atoms. The van der Waals surface area contributed by atoms with Crippen LogP contribution in [-0.2, 0) is 17.6 Å². The highest BCUT2D eigenvalue weighted by Gasteiger charge is 2.30. The molecule has 0 bridgehead atoms. The second-order valence-electron chi connectivity index (χ2n) is 7.45. The molecule has 3 heterocycles. The molecular formula is C21H20N4O5S2. The van der Waals surface area contributed by atoms with Gasteiger partial charge in [-0.05, 0) is 43.9 Å². The first-order valence-corrected chi connectivity index (χ1v) is 11.8. The number of thiophene rings is 1. The normalized spacial score (nSPS) is 17.6. The van der Waals surface area contributed by atoms with Gasteiger partial charge in [-0.1, -0.05) is 23.9 Å². The van der Waals surface area contributed by atoms with Crippen molar-refractivity contribution in [2.45, 2.75) is 42.8 Å². The fourth-order valence-corrected chi connectivity index (χ4v) is 5.70. The van der Waals surface area contributed by atoms with Gasteiger partial charge in [0.05, 0.1) is 10.8 Å². The fraction of sp³-hybridized carbons (Fsp3) is 0.333. The van der Waals surface area contributed by atoms with Gasteiger partial charge in [0.2, 0.25) is 12.0 Å². The van der Waals surface area contributed by atoms with Crippen LogP contribution in [0.3, 0.4) is 0 Å². The van der Waals surface area contributed by atoms with Crippen LogP contribution in [0.4, 0.5) is 5.00 Å². The van der Waals surface area contributed by atoms with Crippen molar-refractivity contribution in [3.05, 3.63) is 46.2 Å². The lowest BCUT2D eigenvalue weighted by atomic mass is 10.1. The van der Waals surface area contributed by atoms with Crippen LogP contribution >= 0.6 is 23.1 Å². The second kappa shape index (κ2) is 8.47. The number of nitrogens with one attached hydrogen (secondary N) is 1. The van der Waals surface area contributed by atoms with Gasteiger partial charge in [0.15, 0.2) is 11.5 Å². The molecule has 0 saturated carbocycles. The molecule has 1 aliphatic carbocycles. The number of para-hydroxylation sites is 2. The molecule has 11 heteroatoms. The number of benzene rings is 1. The first kappa shape index (κ1) is 20.8. The highest BCUT2D eigenvalue weighted by molar-refractivity contribution is 8.00. The number of anilines is 1. The van der Waals surface area contributed by atoms with Gasteiger partial charge in [0.1, 0.15) is 11.6 Å². The molecule has 0 saturated heterocycles. The summed E-state index contributed by atoms with van der Waals surface area (Å²) in [5, 5.41) is 11.1. The summed E-state index contributed by atoms with van der Waals surface area (Å²) in [6.45, 7) is 1.98. The van der Waals surface area contributed by atoms with E-state index in [1.54, 1.807) is 13.0 Å². The van der Waals surface area contributed by atoms with Gasteiger partial charge in [-0.15, -0.1) is 21.5 Å². The van der Waals surface area contributed by atoms with E-state index in [0.717, 1.165) is 41.5 Å². The van der Waals surface area contributed by atoms with Gasteiger partial charge in [0, 0.05) is 4.88 Å². The fourth-order valence-electron chi connectivity index (χ4n) is 3.71. The number of aromatic nitrogens is 2. The van der Waals surface area contributed by atoms with Crippen molar-refractivity contribution in [1.29, 1.82) is 0 Å². The molecule has 2 aromatic heterocycles. The molecule has 0 radical (unpaired) electrons. The van der Waals surface area contributed by atoms with Gasteiger partial charge in [0.25, 0.3) is 17.0 Å². The van der Waals surface area contributed by atoms with E-state index in [4.69, 9.17) is 19.6 Å². The number of fused-ring (bicyclic) bond motifs is 2. The van der Waals surface area contributed by atoms with E-state index >= 15 is 0 Å². The molecule has 1 aliphatic heterocycles. The van der Waals surface area contributed by atoms with Crippen molar-refractivity contribution in [3.8, 4) is 11.5 Å². The maximum Gasteiger partial charge on any atom is 0.277 e. The van der Waals surface area contributed by atoms with Crippen LogP contribution < -0.4 is 20.5 Å². The summed E-state index contributed by atoms with van der Waals surface area (Å²) in [4.78, 5) is 25.8. The average molecular weight is 473 g/mol. The Morgan fingerprint density at radius 3 is 2.88 bits per heavy atom. The predicted molar refractivity (Wildman–Crippen MR) is 118 cm³/mol. The van der Waals surface area contributed by atoms with E-state index in [1.165, 1.54) is 11.3 Å². The average Bonchev–Trinajstić information content (AvgIpc) is 3.49. The van der Waals surface area contributed by atoms with Crippen molar-refractivity contribution in [1.82, 2.24) is 10.2 Å². The molecule has 5 rings (SSSR count). The smallest absolute Gasteiger partial charge is 0.277 e. The molecule has 2 aliphatic rings. The Morgan fingerprint density at radius 2 is 2.06 bits per heavy atom. The topological polar surface area (TPSA) is 130 Å². The third-order valence-electron chi connectivity index (χ3n) is 5.26. The van der Waals surface area contributed by atoms with Crippen molar-refractivity contribution < 1.29 is 23.5 Å². The molecule has 1 aromatic carbocycles. The Labute approximate surface area is 191 Å². The lowest BCUT2D eigenvalue weighted by Crippen LogP contribution is -2.24. The first-order valence-electron chi connectivity index (χ1n) is 10.1. The SMILES string of the molecule is CC(Sc1nnc(C2COc3ccccc3O2)o1)C(=O)Nc1sc2c(c1C(N)=O)CCC2. The highest BCUT2D eigenvalue weighted by Crippen LogP contribution is 2.39. The van der Waals surface area contributed by atoms with E-state index in [1.807, 2.05) is 18.2 Å². The van der Waals surface area contributed by atoms with E-state index in [9.17, 15) is 9.59 Å². The molecule has 2 atom stereocenters. The third kappa shape index (κ3) is 3.93. The van der Waals surface area contributed by atoms with E-state index in [2.05, 4.69) is 15.5 Å². The minimum absolute atomic E-state index is 0.244. The standard InChI is InChI=1S/C21H20N4O5S2/c1-10(18(27)23-20-16(17(22)26)11-5-4-8-15(11)32-20)31-21-25-24-19(30-21)14-9-28-12-6-2-3-7-13(12)29-14/h2-3,6-7,10,14H,4-5,8-9H2,1H3,(H2,22,26)(H,23,27). The monoisotopic (exact) mass is 472 g/mol. The number of ether oxygens (including phenoxy) is 2. The van der Waals surface area contributed by atoms with Crippen molar-refractivity contribution in [2.75, 3.05) is 11.9 Å². The molecule has 9 nitrogen and oxygen atoms in total. The number of amides is 2. The minimum atomic E-state index is -0.537. The molecule has 166 valence electrons. The number of hydrogen-bond acceptors (Lipinski definition) is 9. The summed E-state index contributed by atoms with van der Waals surface area (Å²) in [6.07, 6.45) is 2.19. The Balaban J connectivity index is 1.24. The van der Waals surface area contributed by atoms with Crippen LogP contribution in [0.2, 0.25) is 0 Å². The summed E-state index contributed by atoms with van der Waals surface area (Å²) < 4.78 is 17.3. The van der Waals surface area contributed by atoms with Gasteiger partial charge in [-0.2, -0.15) is 0 Å². The van der Waals surface area contributed by atoms with Crippen LogP contribution in [0.1, 0.15) is 46.1 Å². The maximum atomic E-state index is 12.8. The van der Waals surface area contributed by atoms with Crippen LogP contribution in [0, 0.1) is 0 Å². The zero-order chi connectivity index (χ0) is 22.2. The van der Waals surface area contributed by atoms with Gasteiger partial charge in [-0.25, -0.2) is 0 Å². The van der Waals surface area contributed by atoms with Gasteiger partial charge in [-0.3, -0.25) is 9.59 Å². The number of carbonyl (C=O) groups excluding carboxylic acids is 2. The molecule has 0 fully saturated rings. The number of primary amides is 1. The maximum absolute atomic E-state index is 12.8. The number of thioether (sulfide) groups is 1. The second-order valence-corrected chi connectivity index (χ2v) is 9.84. The van der Waals surface area contributed by atoms with E-state index in [-0.39, 0.29) is 23.6 Å². The largest absolute Gasteiger partial charge is 0.485 e. The van der Waals surface area contributed by atoms with Gasteiger partial charge >= 0.3 is 0 Å². The molecule has 3 N–H and O–H groups in total. The van der Waals surface area contributed by atoms with Crippen molar-refractivity contribution in [3.63, 3.8) is 0 Å². The highest BCUT2D eigenvalue weighted by atomic mass is 32.2. The molecule has 32 heavy (non-hydrogen) atoms. The number of nitrogens with zero attached hydrogens (tertiary/aromatic N) is 2. The van der Waals surface area contributed by atoms with Crippen LogP contribution in [0.25, 0.3) is 0 Å². The first-order chi connectivity index (χ1) is 15.5. The summed E-state index contributed by atoms with van der Waals surface area (Å²) >= 11 is 2.55. The number of aryl methyl sites for hydroxylation is 1. The number of nitrogens with two attached hydrogens (primary N) is 1. The lowest BCUT2D eigenvalue weighted by Gasteiger charge is -2.23. The zero-order valence-electron chi connectivity index (χ0n) is 17.1. The molecular weight excluding hydrogens is 452 g/mol. The third-order valence-corrected chi connectivity index (χ3v) is 7.40. The Kier molecular flexibility index (Phi) is 5.51. The van der Waals surface area contributed by atoms with Crippen LogP contribution in [0.15, 0.2) is 33.9 Å². The summed E-state index contributed by atoms with van der Waals surface area (Å²) in [5.74, 6) is 0.761. The Hall–Kier alpha value is -3.05. The van der Waals surface area contributed by atoms with E-state index in [0.29, 0.717) is 22.1 Å². The lowest BCUT2D eigenvalue weighted by molar-refractivity contribution is -0.115. The quantitative estimate of drug-likeness (QED) is 0.523. The molecule has 2 amide bonds. The van der Waals surface area contributed by atoms with Crippen LogP contribution in [-0.4, -0.2) is 33.9 Å². The van der Waals surface area contributed by atoms with E-state index < -0.39 is 17.3 Å². The minimum Gasteiger partial charge on any atom is -0.485 e. The van der Waals surface area contributed by atoms with Crippen molar-refractivity contribution in [2.24, 2.45) is 5.73 Å². The summed E-state index contributed by atoms with van der Waals surface area (Å²) in [7, 11) is 0. The summed E-state index contributed by atoms with van der Waals surface area (Å²) in [5.41, 5.74) is 6.97. The predicted octanol–water partition coefficient (Wildman–Crippen LogP) is 3.35. The molecule has 3 aromatic rings. The molecule has 2 unspecified atom stereocenters.